The molecular formula is C17H14ClFN2O5S. The summed E-state index contributed by atoms with van der Waals surface area (Å²) in [6.07, 6.45) is -0.323. The molecule has 0 radical (unpaired) electrons. The summed E-state index contributed by atoms with van der Waals surface area (Å²) in [6.45, 7) is -0.134. The van der Waals surface area contributed by atoms with Gasteiger partial charge < -0.3 is 15.4 Å². The van der Waals surface area contributed by atoms with Crippen LogP contribution >= 0.6 is 11.6 Å². The van der Waals surface area contributed by atoms with E-state index in [0.29, 0.717) is 5.75 Å². The van der Waals surface area contributed by atoms with E-state index in [4.69, 9.17) is 16.3 Å². The lowest BCUT2D eigenvalue weighted by Gasteiger charge is -2.18. The maximum Gasteiger partial charge on any atom is 0.262 e. The summed E-state index contributed by atoms with van der Waals surface area (Å²) in [6, 6.07) is 7.53. The molecule has 1 heterocycles. The molecule has 3 rings (SSSR count). The molecule has 142 valence electrons. The average molecular weight is 413 g/mol. The number of nitrogens with one attached hydrogen (secondary N) is 2. The van der Waals surface area contributed by atoms with E-state index in [1.165, 1.54) is 24.3 Å². The van der Waals surface area contributed by atoms with Crippen LogP contribution in [0.4, 0.5) is 15.8 Å². The summed E-state index contributed by atoms with van der Waals surface area (Å²) in [5.41, 5.74) is 0.448. The van der Waals surface area contributed by atoms with Gasteiger partial charge >= 0.3 is 0 Å². The second kappa shape index (κ2) is 7.53. The Balaban J connectivity index is 1.67. The van der Waals surface area contributed by atoms with E-state index in [-0.39, 0.29) is 40.2 Å². The first-order valence-electron chi connectivity index (χ1n) is 7.79. The molecule has 2 aromatic carbocycles. The van der Waals surface area contributed by atoms with Crippen LogP contribution < -0.4 is 15.4 Å². The van der Waals surface area contributed by atoms with Crippen molar-refractivity contribution in [1.29, 1.82) is 0 Å². The standard InChI is InChI=1S/C17H14ClFN2O5S/c18-12-7-10(19)1-3-13(12)20-16(22)5-6-27(24,25)11-2-4-15-14(8-11)21-17(23)9-26-15/h1-4,7-8H,5-6,9H2,(H,20,22)(H,21,23). The van der Waals surface area contributed by atoms with Crippen LogP contribution in [-0.2, 0) is 19.4 Å². The Kier molecular flexibility index (Phi) is 5.33. The van der Waals surface area contributed by atoms with Crippen molar-refractivity contribution in [3.8, 4) is 5.75 Å². The number of benzene rings is 2. The summed E-state index contributed by atoms with van der Waals surface area (Å²) in [7, 11) is -3.78. The van der Waals surface area contributed by atoms with Crippen LogP contribution in [0.2, 0.25) is 5.02 Å². The van der Waals surface area contributed by atoms with Gasteiger partial charge in [-0.2, -0.15) is 0 Å². The van der Waals surface area contributed by atoms with Crippen LogP contribution in [0.15, 0.2) is 41.3 Å². The first kappa shape index (κ1) is 19.1. The lowest BCUT2D eigenvalue weighted by atomic mass is 10.2. The van der Waals surface area contributed by atoms with E-state index in [1.54, 1.807) is 0 Å². The molecule has 0 saturated carbocycles. The fourth-order valence-corrected chi connectivity index (χ4v) is 3.88. The number of hydrogen-bond donors (Lipinski definition) is 2. The van der Waals surface area contributed by atoms with Gasteiger partial charge in [-0.05, 0) is 36.4 Å². The van der Waals surface area contributed by atoms with Gasteiger partial charge in [-0.25, -0.2) is 12.8 Å². The van der Waals surface area contributed by atoms with Gasteiger partial charge in [0, 0.05) is 6.42 Å². The quantitative estimate of drug-likeness (QED) is 0.786. The Morgan fingerprint density at radius 2 is 2.04 bits per heavy atom. The van der Waals surface area contributed by atoms with E-state index in [9.17, 15) is 22.4 Å². The summed E-state index contributed by atoms with van der Waals surface area (Å²) in [5.74, 6) is -1.60. The second-order valence-corrected chi connectivity index (χ2v) is 8.25. The van der Waals surface area contributed by atoms with Crippen molar-refractivity contribution in [3.63, 3.8) is 0 Å². The van der Waals surface area contributed by atoms with Crippen molar-refractivity contribution in [2.45, 2.75) is 11.3 Å². The first-order valence-corrected chi connectivity index (χ1v) is 9.82. The molecule has 0 aliphatic carbocycles. The molecule has 0 spiro atoms. The normalized spacial score (nSPS) is 13.3. The smallest absolute Gasteiger partial charge is 0.262 e. The lowest BCUT2D eigenvalue weighted by Crippen LogP contribution is -2.25. The zero-order chi connectivity index (χ0) is 19.6. The van der Waals surface area contributed by atoms with Crippen LogP contribution in [0.25, 0.3) is 0 Å². The molecule has 2 amide bonds. The molecule has 10 heteroatoms. The van der Waals surface area contributed by atoms with Gasteiger partial charge in [-0.1, -0.05) is 11.6 Å². The number of hydrogen-bond acceptors (Lipinski definition) is 5. The van der Waals surface area contributed by atoms with E-state index >= 15 is 0 Å². The molecule has 0 aromatic heterocycles. The SMILES string of the molecule is O=C(CCS(=O)(=O)c1ccc2c(c1)NC(=O)CO2)Nc1ccc(F)cc1Cl. The number of amides is 2. The van der Waals surface area contributed by atoms with Gasteiger partial charge in [0.15, 0.2) is 16.4 Å². The Morgan fingerprint density at radius 1 is 1.26 bits per heavy atom. The number of anilines is 2. The molecule has 0 unspecified atom stereocenters. The van der Waals surface area contributed by atoms with E-state index in [2.05, 4.69) is 10.6 Å². The molecule has 1 aliphatic heterocycles. The minimum atomic E-state index is -3.78. The zero-order valence-corrected chi connectivity index (χ0v) is 15.4. The van der Waals surface area contributed by atoms with Crippen molar-refractivity contribution >= 4 is 44.6 Å². The maximum absolute atomic E-state index is 13.0. The molecule has 0 atom stereocenters. The summed E-state index contributed by atoms with van der Waals surface area (Å²) < 4.78 is 43.1. The summed E-state index contributed by atoms with van der Waals surface area (Å²) in [5, 5.41) is 4.98. The predicted molar refractivity (Wildman–Crippen MR) is 97.3 cm³/mol. The highest BCUT2D eigenvalue weighted by molar-refractivity contribution is 7.91. The largest absolute Gasteiger partial charge is 0.482 e. The van der Waals surface area contributed by atoms with Crippen molar-refractivity contribution in [2.24, 2.45) is 0 Å². The van der Waals surface area contributed by atoms with Crippen molar-refractivity contribution in [2.75, 3.05) is 23.0 Å². The minimum absolute atomic E-state index is 0.0108. The average Bonchev–Trinajstić information content (AvgIpc) is 2.62. The van der Waals surface area contributed by atoms with Crippen LogP contribution in [0.1, 0.15) is 6.42 Å². The number of carbonyl (C=O) groups is 2. The number of fused-ring (bicyclic) bond motifs is 1. The number of carbonyl (C=O) groups excluding carboxylic acids is 2. The second-order valence-electron chi connectivity index (χ2n) is 5.74. The van der Waals surface area contributed by atoms with E-state index in [1.807, 2.05) is 0 Å². The van der Waals surface area contributed by atoms with Crippen LogP contribution in [-0.4, -0.2) is 32.6 Å². The van der Waals surface area contributed by atoms with Gasteiger partial charge in [-0.15, -0.1) is 0 Å². The number of rotatable bonds is 5. The van der Waals surface area contributed by atoms with Gasteiger partial charge in [0.25, 0.3) is 5.91 Å². The highest BCUT2D eigenvalue weighted by Crippen LogP contribution is 2.30. The van der Waals surface area contributed by atoms with Gasteiger partial charge in [0.1, 0.15) is 11.6 Å². The third-order valence-electron chi connectivity index (χ3n) is 3.75. The fraction of sp³-hybridized carbons (Fsp3) is 0.176. The van der Waals surface area contributed by atoms with Crippen molar-refractivity contribution < 1.29 is 27.1 Å². The Labute approximate surface area is 159 Å². The van der Waals surface area contributed by atoms with Gasteiger partial charge in [0.05, 0.1) is 27.0 Å². The number of halogens is 2. The Bertz CT molecular complexity index is 1030. The Hall–Kier alpha value is -2.65. The molecular weight excluding hydrogens is 399 g/mol. The van der Waals surface area contributed by atoms with E-state index < -0.39 is 27.3 Å². The third kappa shape index (κ3) is 4.55. The Morgan fingerprint density at radius 3 is 2.78 bits per heavy atom. The van der Waals surface area contributed by atoms with Crippen LogP contribution in [0.5, 0.6) is 5.75 Å². The van der Waals surface area contributed by atoms with Crippen molar-refractivity contribution in [1.82, 2.24) is 0 Å². The molecule has 0 bridgehead atoms. The van der Waals surface area contributed by atoms with Gasteiger partial charge in [0.2, 0.25) is 5.91 Å². The number of ether oxygens (including phenoxy) is 1. The van der Waals surface area contributed by atoms with Gasteiger partial charge in [-0.3, -0.25) is 9.59 Å². The third-order valence-corrected chi connectivity index (χ3v) is 5.77. The highest BCUT2D eigenvalue weighted by Gasteiger charge is 2.22. The monoisotopic (exact) mass is 412 g/mol. The maximum atomic E-state index is 13.0. The predicted octanol–water partition coefficient (Wildman–Crippen LogP) is 2.61. The van der Waals surface area contributed by atoms with Crippen molar-refractivity contribution in [3.05, 3.63) is 47.2 Å². The summed E-state index contributed by atoms with van der Waals surface area (Å²) in [4.78, 5) is 23.3. The summed E-state index contributed by atoms with van der Waals surface area (Å²) >= 11 is 5.82. The van der Waals surface area contributed by atoms with Crippen LogP contribution in [0.3, 0.4) is 0 Å². The zero-order valence-electron chi connectivity index (χ0n) is 13.8. The molecule has 2 N–H and O–H groups in total. The molecule has 27 heavy (non-hydrogen) atoms. The molecule has 7 nitrogen and oxygen atoms in total. The highest BCUT2D eigenvalue weighted by atomic mass is 35.5. The molecule has 0 saturated heterocycles. The fourth-order valence-electron chi connectivity index (χ4n) is 2.40. The minimum Gasteiger partial charge on any atom is -0.482 e. The first-order chi connectivity index (χ1) is 12.7. The molecule has 2 aromatic rings. The lowest BCUT2D eigenvalue weighted by molar-refractivity contribution is -0.118. The molecule has 0 fully saturated rings. The van der Waals surface area contributed by atoms with E-state index in [0.717, 1.165) is 12.1 Å². The topological polar surface area (TPSA) is 102 Å². The molecule has 1 aliphatic rings. The van der Waals surface area contributed by atoms with Crippen LogP contribution in [0, 0.1) is 5.82 Å². The number of sulfone groups is 1.